The number of aliphatic carboxylic acids is 1. The molecule has 3 nitrogen and oxygen atoms in total. The van der Waals surface area contributed by atoms with E-state index in [1.165, 1.54) is 6.07 Å². The maximum atomic E-state index is 12.6. The number of hydrogen-bond donors (Lipinski definition) is 1. The monoisotopic (exact) mass is 370 g/mol. The zero-order valence-electron chi connectivity index (χ0n) is 13.5. The van der Waals surface area contributed by atoms with Gasteiger partial charge in [0.05, 0.1) is 0 Å². The van der Waals surface area contributed by atoms with Crippen molar-refractivity contribution >= 4 is 17.7 Å². The van der Waals surface area contributed by atoms with Gasteiger partial charge in [0.2, 0.25) is 0 Å². The first-order valence-electron chi connectivity index (χ1n) is 7.52. The molecule has 0 aromatic heterocycles. The Bertz CT molecular complexity index is 745. The van der Waals surface area contributed by atoms with E-state index in [1.54, 1.807) is 30.3 Å². The number of carbonyl (C=O) groups is 1. The molecule has 7 heteroatoms. The summed E-state index contributed by atoms with van der Waals surface area (Å²) in [6, 6.07) is 11.5. The van der Waals surface area contributed by atoms with Gasteiger partial charge in [0.1, 0.15) is 12.4 Å². The number of hydrogen-bond acceptors (Lipinski definition) is 3. The van der Waals surface area contributed by atoms with Gasteiger partial charge in [0.15, 0.2) is 0 Å². The van der Waals surface area contributed by atoms with E-state index in [9.17, 15) is 18.0 Å². The third kappa shape index (κ3) is 6.34. The highest BCUT2D eigenvalue weighted by Crippen LogP contribution is 2.38. The van der Waals surface area contributed by atoms with Crippen molar-refractivity contribution in [3.05, 3.63) is 59.2 Å². The van der Waals surface area contributed by atoms with Gasteiger partial charge in [-0.2, -0.15) is 13.2 Å². The molecule has 2 rings (SSSR count). The molecule has 0 saturated carbocycles. The summed E-state index contributed by atoms with van der Waals surface area (Å²) >= 11 is -0.157. The molecule has 0 bridgehead atoms. The molecule has 0 spiro atoms. The Morgan fingerprint density at radius 1 is 1.20 bits per heavy atom. The molecule has 25 heavy (non-hydrogen) atoms. The largest absolute Gasteiger partial charge is 0.489 e. The Morgan fingerprint density at radius 3 is 2.56 bits per heavy atom. The van der Waals surface area contributed by atoms with Gasteiger partial charge in [0.25, 0.3) is 0 Å². The number of aryl methyl sites for hydroxylation is 2. The molecular weight excluding hydrogens is 353 g/mol. The van der Waals surface area contributed by atoms with Crippen LogP contribution >= 0.6 is 11.8 Å². The Morgan fingerprint density at radius 2 is 1.92 bits per heavy atom. The fourth-order valence-electron chi connectivity index (χ4n) is 2.28. The third-order valence-corrected chi connectivity index (χ3v) is 4.30. The van der Waals surface area contributed by atoms with Crippen molar-refractivity contribution in [1.29, 1.82) is 0 Å². The minimum atomic E-state index is -4.35. The van der Waals surface area contributed by atoms with Gasteiger partial charge in [0, 0.05) is 16.9 Å². The lowest BCUT2D eigenvalue weighted by Crippen LogP contribution is -2.04. The van der Waals surface area contributed by atoms with Crippen LogP contribution < -0.4 is 4.74 Å². The van der Waals surface area contributed by atoms with Crippen molar-refractivity contribution in [3.8, 4) is 5.75 Å². The summed E-state index contributed by atoms with van der Waals surface area (Å²) in [7, 11) is 0. The van der Waals surface area contributed by atoms with E-state index in [4.69, 9.17) is 9.84 Å². The molecule has 0 amide bonds. The summed E-state index contributed by atoms with van der Waals surface area (Å²) in [6.07, 6.45) is 0.462. The number of rotatable bonds is 7. The molecule has 0 atom stereocenters. The van der Waals surface area contributed by atoms with E-state index in [2.05, 4.69) is 0 Å². The highest BCUT2D eigenvalue weighted by atomic mass is 32.2. The van der Waals surface area contributed by atoms with Gasteiger partial charge in [-0.05, 0) is 48.4 Å². The minimum absolute atomic E-state index is 0.0224. The van der Waals surface area contributed by atoms with Crippen LogP contribution in [0.25, 0.3) is 0 Å². The van der Waals surface area contributed by atoms with Gasteiger partial charge >= 0.3 is 11.5 Å². The molecule has 1 N–H and O–H groups in total. The van der Waals surface area contributed by atoms with Crippen molar-refractivity contribution in [2.24, 2.45) is 0 Å². The number of carboxylic acid groups (broad SMARTS) is 1. The summed E-state index contributed by atoms with van der Waals surface area (Å²) in [5.74, 6) is -0.303. The zero-order chi connectivity index (χ0) is 18.4. The first-order valence-corrected chi connectivity index (χ1v) is 8.34. The van der Waals surface area contributed by atoms with Crippen molar-refractivity contribution in [1.82, 2.24) is 0 Å². The molecule has 2 aromatic rings. The van der Waals surface area contributed by atoms with Crippen LogP contribution in [0, 0.1) is 6.92 Å². The number of thioether (sulfide) groups is 1. The fourth-order valence-corrected chi connectivity index (χ4v) is 2.94. The predicted molar refractivity (Wildman–Crippen MR) is 89.8 cm³/mol. The molecule has 134 valence electrons. The number of ether oxygens (including phenoxy) is 1. The summed E-state index contributed by atoms with van der Waals surface area (Å²) in [4.78, 5) is 10.7. The van der Waals surface area contributed by atoms with Crippen molar-refractivity contribution in [3.63, 3.8) is 0 Å². The number of alkyl halides is 3. The second kappa shape index (κ2) is 8.29. The van der Waals surface area contributed by atoms with Gasteiger partial charge in [-0.15, -0.1) is 0 Å². The minimum Gasteiger partial charge on any atom is -0.489 e. The average molecular weight is 370 g/mol. The maximum absolute atomic E-state index is 12.6. The van der Waals surface area contributed by atoms with Crippen LogP contribution in [0.2, 0.25) is 0 Å². The van der Waals surface area contributed by atoms with E-state index in [-0.39, 0.29) is 29.7 Å². The summed E-state index contributed by atoms with van der Waals surface area (Å²) in [5.41, 5.74) is -2.21. The second-order valence-electron chi connectivity index (χ2n) is 5.44. The highest BCUT2D eigenvalue weighted by molar-refractivity contribution is 8.00. The standard InChI is InChI=1S/C18H17F3O3S/c1-12-10-13(7-9-17(22)23)6-8-15(12)24-11-14-4-2-3-5-16(14)25-18(19,20)21/h2-6,8,10H,7,9,11H2,1H3,(H,22,23). The molecule has 0 heterocycles. The van der Waals surface area contributed by atoms with Crippen molar-refractivity contribution in [2.45, 2.75) is 36.8 Å². The number of halogens is 3. The van der Waals surface area contributed by atoms with Crippen LogP contribution in [0.15, 0.2) is 47.4 Å². The molecule has 0 saturated heterocycles. The van der Waals surface area contributed by atoms with E-state index in [1.807, 2.05) is 13.0 Å². The Balaban J connectivity index is 2.05. The molecule has 0 radical (unpaired) electrons. The van der Waals surface area contributed by atoms with Crippen LogP contribution in [-0.4, -0.2) is 16.6 Å². The van der Waals surface area contributed by atoms with Crippen LogP contribution in [-0.2, 0) is 17.8 Å². The second-order valence-corrected chi connectivity index (χ2v) is 6.54. The smallest absolute Gasteiger partial charge is 0.446 e. The molecule has 0 unspecified atom stereocenters. The first kappa shape index (κ1) is 19.2. The molecule has 2 aromatic carbocycles. The van der Waals surface area contributed by atoms with Crippen LogP contribution in [0.5, 0.6) is 5.75 Å². The van der Waals surface area contributed by atoms with Crippen LogP contribution in [0.3, 0.4) is 0 Å². The van der Waals surface area contributed by atoms with Crippen molar-refractivity contribution in [2.75, 3.05) is 0 Å². The van der Waals surface area contributed by atoms with Crippen LogP contribution in [0.1, 0.15) is 23.1 Å². The molecule has 0 aliphatic heterocycles. The molecule has 0 fully saturated rings. The Hall–Kier alpha value is -2.15. The molecular formula is C18H17F3O3S. The highest BCUT2D eigenvalue weighted by Gasteiger charge is 2.30. The summed E-state index contributed by atoms with van der Waals surface area (Å²) in [5, 5.41) is 8.71. The predicted octanol–water partition coefficient (Wildman–Crippen LogP) is 5.20. The van der Waals surface area contributed by atoms with E-state index < -0.39 is 11.5 Å². The van der Waals surface area contributed by atoms with Gasteiger partial charge in [-0.3, -0.25) is 4.79 Å². The van der Waals surface area contributed by atoms with E-state index in [0.717, 1.165) is 11.1 Å². The van der Waals surface area contributed by atoms with E-state index in [0.29, 0.717) is 17.7 Å². The first-order chi connectivity index (χ1) is 11.7. The average Bonchev–Trinajstić information content (AvgIpc) is 2.52. The lowest BCUT2D eigenvalue weighted by molar-refractivity contribution is -0.136. The lowest BCUT2D eigenvalue weighted by Gasteiger charge is -2.14. The topological polar surface area (TPSA) is 46.5 Å². The summed E-state index contributed by atoms with van der Waals surface area (Å²) < 4.78 is 43.5. The Kier molecular flexibility index (Phi) is 6.36. The Labute approximate surface area is 147 Å². The SMILES string of the molecule is Cc1cc(CCC(=O)O)ccc1OCc1ccccc1SC(F)(F)F. The summed E-state index contributed by atoms with van der Waals surface area (Å²) in [6.45, 7) is 1.84. The van der Waals surface area contributed by atoms with Crippen LogP contribution in [0.4, 0.5) is 13.2 Å². The van der Waals surface area contributed by atoms with Gasteiger partial charge in [-0.1, -0.05) is 30.3 Å². The maximum Gasteiger partial charge on any atom is 0.446 e. The molecule has 0 aliphatic rings. The zero-order valence-corrected chi connectivity index (χ0v) is 14.3. The normalized spacial score (nSPS) is 11.4. The number of benzene rings is 2. The fraction of sp³-hybridized carbons (Fsp3) is 0.278. The van der Waals surface area contributed by atoms with E-state index >= 15 is 0 Å². The van der Waals surface area contributed by atoms with Gasteiger partial charge < -0.3 is 9.84 Å². The lowest BCUT2D eigenvalue weighted by atomic mass is 10.1. The van der Waals surface area contributed by atoms with Gasteiger partial charge in [-0.25, -0.2) is 0 Å². The molecule has 0 aliphatic carbocycles. The third-order valence-electron chi connectivity index (χ3n) is 3.45. The van der Waals surface area contributed by atoms with Crippen molar-refractivity contribution < 1.29 is 27.8 Å². The number of carboxylic acids is 1. The quantitative estimate of drug-likeness (QED) is 0.680.